The summed E-state index contributed by atoms with van der Waals surface area (Å²) in [5.41, 5.74) is 1.65. The summed E-state index contributed by atoms with van der Waals surface area (Å²) in [6.07, 6.45) is 3.26. The second-order valence-electron chi connectivity index (χ2n) is 8.86. The zero-order valence-corrected chi connectivity index (χ0v) is 24.8. The number of unbranched alkanes of at least 4 members (excludes halogenated alkanes) is 1. The lowest BCUT2D eigenvalue weighted by atomic mass is 10.0. The Bertz CT molecular complexity index is 1360. The molecule has 2 N–H and O–H groups in total. The van der Waals surface area contributed by atoms with E-state index in [0.717, 1.165) is 24.2 Å². The number of nitrogens with zero attached hydrogens (tertiary/aromatic N) is 1. The van der Waals surface area contributed by atoms with Gasteiger partial charge in [0.25, 0.3) is 5.91 Å². The molecule has 0 saturated carbocycles. The number of ether oxygens (including phenoxy) is 2. The number of hydrogen-bond donors (Lipinski definition) is 2. The van der Waals surface area contributed by atoms with Gasteiger partial charge in [-0.2, -0.15) is 0 Å². The minimum Gasteiger partial charge on any atom is -0.478 e. The molecule has 3 aromatic rings. The Hall–Kier alpha value is -2.82. The Morgan fingerprint density at radius 2 is 1.88 bits per heavy atom. The molecule has 1 aromatic heterocycles. The molecule has 2 aromatic carbocycles. The number of carboxylic acid groups (broad SMARTS) is 1. The molecule has 11 heteroatoms. The van der Waals surface area contributed by atoms with Gasteiger partial charge in [0.1, 0.15) is 5.82 Å². The molecule has 0 saturated heterocycles. The van der Waals surface area contributed by atoms with Crippen molar-refractivity contribution in [1.82, 2.24) is 4.98 Å². The van der Waals surface area contributed by atoms with E-state index in [2.05, 4.69) is 10.3 Å². The smallest absolute Gasteiger partial charge is 0.331 e. The second kappa shape index (κ2) is 15.3. The number of carbonyl (C=O) groups excluding carboxylic acids is 1. The maximum absolute atomic E-state index is 15.6. The Morgan fingerprint density at radius 1 is 1.18 bits per heavy atom. The molecule has 0 spiro atoms. The quantitative estimate of drug-likeness (QED) is 0.141. The first-order valence-electron chi connectivity index (χ1n) is 12.8. The number of thiazole rings is 1. The van der Waals surface area contributed by atoms with Crippen LogP contribution in [0.3, 0.4) is 0 Å². The summed E-state index contributed by atoms with van der Waals surface area (Å²) in [5, 5.41) is 14.0. The van der Waals surface area contributed by atoms with Crippen molar-refractivity contribution in [2.75, 3.05) is 25.1 Å². The van der Waals surface area contributed by atoms with Crippen molar-refractivity contribution in [2.45, 2.75) is 46.1 Å². The molecule has 1 amide bonds. The number of rotatable bonds is 14. The topological polar surface area (TPSA) is 97.8 Å². The first-order valence-corrected chi connectivity index (χ1v) is 14.4. The van der Waals surface area contributed by atoms with Gasteiger partial charge in [0.2, 0.25) is 0 Å². The molecule has 0 radical (unpaired) electrons. The molecule has 3 rings (SSSR count). The fourth-order valence-corrected chi connectivity index (χ4v) is 5.16. The van der Waals surface area contributed by atoms with Gasteiger partial charge in [0, 0.05) is 53.0 Å². The van der Waals surface area contributed by atoms with Crippen LogP contribution in [0.15, 0.2) is 41.3 Å². The van der Waals surface area contributed by atoms with Crippen LogP contribution in [0.1, 0.15) is 67.6 Å². The summed E-state index contributed by atoms with van der Waals surface area (Å²) in [7, 11) is 0. The van der Waals surface area contributed by atoms with Crippen LogP contribution in [0, 0.1) is 5.82 Å². The number of aliphatic carboxylic acids is 1. The van der Waals surface area contributed by atoms with Crippen molar-refractivity contribution >= 4 is 57.6 Å². The SMILES string of the molecule is CCOCCCCOC(CC)c1cccc(-c2csc(NC(=O)c3cc(Cl)c(/C=C(\C)C(=O)O)c(Cl)c3)n2)c1F. The van der Waals surface area contributed by atoms with Crippen molar-refractivity contribution in [1.29, 1.82) is 0 Å². The van der Waals surface area contributed by atoms with Crippen LogP contribution in [-0.2, 0) is 14.3 Å². The predicted molar refractivity (Wildman–Crippen MR) is 158 cm³/mol. The van der Waals surface area contributed by atoms with E-state index < -0.39 is 23.8 Å². The lowest BCUT2D eigenvalue weighted by molar-refractivity contribution is -0.132. The van der Waals surface area contributed by atoms with Crippen molar-refractivity contribution in [3.63, 3.8) is 0 Å². The van der Waals surface area contributed by atoms with Gasteiger partial charge in [-0.05, 0) is 57.4 Å². The average Bonchev–Trinajstić information content (AvgIpc) is 3.38. The molecule has 40 heavy (non-hydrogen) atoms. The van der Waals surface area contributed by atoms with Gasteiger partial charge < -0.3 is 14.6 Å². The summed E-state index contributed by atoms with van der Waals surface area (Å²) in [4.78, 5) is 28.4. The largest absolute Gasteiger partial charge is 0.478 e. The molecule has 0 fully saturated rings. The van der Waals surface area contributed by atoms with Gasteiger partial charge in [-0.3, -0.25) is 10.1 Å². The monoisotopic (exact) mass is 608 g/mol. The predicted octanol–water partition coefficient (Wildman–Crippen LogP) is 8.28. The van der Waals surface area contributed by atoms with Gasteiger partial charge >= 0.3 is 5.97 Å². The van der Waals surface area contributed by atoms with Crippen LogP contribution >= 0.6 is 34.5 Å². The third kappa shape index (κ3) is 8.34. The van der Waals surface area contributed by atoms with Crippen molar-refractivity contribution in [3.05, 3.63) is 73.8 Å². The van der Waals surface area contributed by atoms with E-state index in [1.54, 1.807) is 23.6 Å². The summed E-state index contributed by atoms with van der Waals surface area (Å²) in [5.74, 6) is -2.04. The Balaban J connectivity index is 1.73. The average molecular weight is 610 g/mol. The van der Waals surface area contributed by atoms with Crippen LogP contribution in [0.5, 0.6) is 0 Å². The number of anilines is 1. The number of carboxylic acids is 1. The summed E-state index contributed by atoms with van der Waals surface area (Å²) < 4.78 is 26.9. The van der Waals surface area contributed by atoms with Crippen molar-refractivity contribution < 1.29 is 28.6 Å². The van der Waals surface area contributed by atoms with Gasteiger partial charge in [0.05, 0.1) is 21.8 Å². The number of amides is 1. The highest BCUT2D eigenvalue weighted by molar-refractivity contribution is 7.14. The fraction of sp³-hybridized carbons (Fsp3) is 0.345. The third-order valence-corrected chi connectivity index (χ3v) is 7.38. The highest BCUT2D eigenvalue weighted by atomic mass is 35.5. The van der Waals surface area contributed by atoms with E-state index in [4.69, 9.17) is 37.8 Å². The lowest BCUT2D eigenvalue weighted by Gasteiger charge is -2.18. The fourth-order valence-electron chi connectivity index (χ4n) is 3.86. The second-order valence-corrected chi connectivity index (χ2v) is 10.5. The Kier molecular flexibility index (Phi) is 12.1. The lowest BCUT2D eigenvalue weighted by Crippen LogP contribution is -2.12. The molecule has 0 bridgehead atoms. The summed E-state index contributed by atoms with van der Waals surface area (Å²) in [6, 6.07) is 7.90. The van der Waals surface area contributed by atoms with E-state index in [1.165, 1.54) is 25.1 Å². The first kappa shape index (κ1) is 31.7. The van der Waals surface area contributed by atoms with Gasteiger partial charge in [0.15, 0.2) is 5.13 Å². The van der Waals surface area contributed by atoms with E-state index in [0.29, 0.717) is 48.6 Å². The number of hydrogen-bond acceptors (Lipinski definition) is 6. The minimum absolute atomic E-state index is 0.0435. The maximum Gasteiger partial charge on any atom is 0.331 e. The highest BCUT2D eigenvalue weighted by Gasteiger charge is 2.20. The Morgan fingerprint density at radius 3 is 2.52 bits per heavy atom. The van der Waals surface area contributed by atoms with E-state index in [1.807, 2.05) is 13.8 Å². The number of halogens is 3. The van der Waals surface area contributed by atoms with Gasteiger partial charge in [-0.1, -0.05) is 42.3 Å². The van der Waals surface area contributed by atoms with E-state index in [-0.39, 0.29) is 26.3 Å². The van der Waals surface area contributed by atoms with Crippen LogP contribution in [0.4, 0.5) is 9.52 Å². The number of carbonyl (C=O) groups is 2. The molecule has 0 aliphatic rings. The maximum atomic E-state index is 15.6. The molecule has 0 aliphatic carbocycles. The molecule has 214 valence electrons. The van der Waals surface area contributed by atoms with Gasteiger partial charge in [-0.25, -0.2) is 14.2 Å². The van der Waals surface area contributed by atoms with Crippen LogP contribution in [0.25, 0.3) is 17.3 Å². The zero-order chi connectivity index (χ0) is 29.2. The first-order chi connectivity index (χ1) is 19.2. The summed E-state index contributed by atoms with van der Waals surface area (Å²) >= 11 is 13.7. The van der Waals surface area contributed by atoms with E-state index in [9.17, 15) is 9.59 Å². The number of benzene rings is 2. The zero-order valence-electron chi connectivity index (χ0n) is 22.4. The molecule has 1 heterocycles. The molecule has 1 unspecified atom stereocenters. The normalized spacial score (nSPS) is 12.4. The standard InChI is InChI=1S/C29H31Cl2FN2O5S/c1-4-25(39-12-7-6-11-38-5-2)20-10-8-9-19(26(20)32)24-16-40-29(33-24)34-27(35)18-14-22(30)21(23(31)15-18)13-17(3)28(36)37/h8-10,13-16,25H,4-7,11-12H2,1-3H3,(H,36,37)(H,33,34,35)/b17-13+. The summed E-state index contributed by atoms with van der Waals surface area (Å²) in [6.45, 7) is 7.18. The van der Waals surface area contributed by atoms with Crippen molar-refractivity contribution in [3.8, 4) is 11.3 Å². The third-order valence-electron chi connectivity index (χ3n) is 5.99. The van der Waals surface area contributed by atoms with Gasteiger partial charge in [-0.15, -0.1) is 11.3 Å². The molecule has 1 atom stereocenters. The number of aromatic nitrogens is 1. The van der Waals surface area contributed by atoms with Crippen LogP contribution in [0.2, 0.25) is 10.0 Å². The Labute approximate surface area is 246 Å². The molecular weight excluding hydrogens is 578 g/mol. The molecule has 7 nitrogen and oxygen atoms in total. The van der Waals surface area contributed by atoms with Crippen LogP contribution < -0.4 is 5.32 Å². The molecular formula is C29H31Cl2FN2O5S. The minimum atomic E-state index is -1.11. The number of nitrogens with one attached hydrogen (secondary N) is 1. The van der Waals surface area contributed by atoms with E-state index >= 15 is 4.39 Å². The van der Waals surface area contributed by atoms with Crippen LogP contribution in [-0.4, -0.2) is 41.8 Å². The molecule has 0 aliphatic heterocycles. The highest BCUT2D eigenvalue weighted by Crippen LogP contribution is 2.33. The van der Waals surface area contributed by atoms with Crippen molar-refractivity contribution in [2.24, 2.45) is 0 Å².